The Morgan fingerprint density at radius 2 is 0.833 bits per heavy atom. The Hall–Kier alpha value is -0.240. The van der Waals surface area contributed by atoms with Crippen molar-refractivity contribution in [3.63, 3.8) is 0 Å². The highest BCUT2D eigenvalue weighted by Gasteiger charge is 2.20. The summed E-state index contributed by atoms with van der Waals surface area (Å²) in [4.78, 5) is 0. The van der Waals surface area contributed by atoms with Crippen LogP contribution < -0.4 is 0 Å². The lowest BCUT2D eigenvalue weighted by Gasteiger charge is -2.18. The van der Waals surface area contributed by atoms with Gasteiger partial charge in [-0.25, -0.2) is 0 Å². The summed E-state index contributed by atoms with van der Waals surface area (Å²) in [5.74, 6) is 0. The Morgan fingerprint density at radius 3 is 1.00 bits per heavy atom. The molecular formula is C6H14O6. The zero-order valence-corrected chi connectivity index (χ0v) is 6.41. The zero-order valence-electron chi connectivity index (χ0n) is 6.41. The molecule has 0 saturated heterocycles. The molecule has 2 atom stereocenters. The topological polar surface area (TPSA) is 121 Å². The Labute approximate surface area is 69.3 Å². The molecule has 12 heavy (non-hydrogen) atoms. The van der Waals surface area contributed by atoms with Crippen LogP contribution in [0.5, 0.6) is 0 Å². The number of hydrogen-bond donors (Lipinski definition) is 6. The molecule has 0 aliphatic carbocycles. The molecule has 0 aromatic rings. The van der Waals surface area contributed by atoms with Crippen molar-refractivity contribution >= 4 is 0 Å². The van der Waals surface area contributed by atoms with Crippen LogP contribution in [0.25, 0.3) is 0 Å². The normalized spacial score (nSPS) is 17.0. The van der Waals surface area contributed by atoms with Crippen LogP contribution in [0, 0.1) is 0 Å². The number of aliphatic hydroxyl groups excluding tert-OH is 4. The fourth-order valence-electron chi connectivity index (χ4n) is 0.746. The second-order valence-electron chi connectivity index (χ2n) is 2.57. The first-order valence-electron chi connectivity index (χ1n) is 3.52. The third-order valence-corrected chi connectivity index (χ3v) is 1.35. The molecule has 74 valence electrons. The monoisotopic (exact) mass is 182 g/mol. The van der Waals surface area contributed by atoms with Crippen LogP contribution in [-0.4, -0.2) is 55.4 Å². The van der Waals surface area contributed by atoms with Crippen molar-refractivity contribution < 1.29 is 30.6 Å². The van der Waals surface area contributed by atoms with Crippen molar-refractivity contribution in [3.8, 4) is 0 Å². The van der Waals surface area contributed by atoms with Crippen LogP contribution in [-0.2, 0) is 0 Å². The van der Waals surface area contributed by atoms with Crippen LogP contribution in [0.15, 0.2) is 0 Å². The molecule has 6 heteroatoms. The summed E-state index contributed by atoms with van der Waals surface area (Å²) in [7, 11) is 0. The highest BCUT2D eigenvalue weighted by molar-refractivity contribution is 4.68. The summed E-state index contributed by atoms with van der Waals surface area (Å²) in [6.45, 7) is 0. The van der Waals surface area contributed by atoms with Gasteiger partial charge >= 0.3 is 0 Å². The fourth-order valence-corrected chi connectivity index (χ4v) is 0.746. The molecule has 0 rings (SSSR count). The van der Waals surface area contributed by atoms with E-state index < -0.39 is 37.6 Å². The van der Waals surface area contributed by atoms with Gasteiger partial charge in [-0.05, 0) is 0 Å². The number of aliphatic hydroxyl groups is 6. The molecule has 0 bridgehead atoms. The minimum atomic E-state index is -1.72. The lowest BCUT2D eigenvalue weighted by molar-refractivity contribution is -0.120. The van der Waals surface area contributed by atoms with Crippen LogP contribution in [0.2, 0.25) is 0 Å². The van der Waals surface area contributed by atoms with E-state index >= 15 is 0 Å². The van der Waals surface area contributed by atoms with Gasteiger partial charge in [0.2, 0.25) is 0 Å². The van der Waals surface area contributed by atoms with Crippen molar-refractivity contribution in [1.82, 2.24) is 0 Å². The predicted molar refractivity (Wildman–Crippen MR) is 37.7 cm³/mol. The van der Waals surface area contributed by atoms with Gasteiger partial charge in [0.05, 0.1) is 12.2 Å². The molecule has 0 heterocycles. The average molecular weight is 182 g/mol. The largest absolute Gasteiger partial charge is 0.390 e. The van der Waals surface area contributed by atoms with E-state index in [-0.39, 0.29) is 0 Å². The smallest absolute Gasteiger partial charge is 0.154 e. The molecule has 0 aliphatic rings. The van der Waals surface area contributed by atoms with E-state index in [0.29, 0.717) is 0 Å². The molecule has 0 spiro atoms. The van der Waals surface area contributed by atoms with Crippen LogP contribution >= 0.6 is 0 Å². The standard InChI is InChI=1S/C6H14O6/c7-3(1-5(9)10)4(8)2-6(11)12/h3-12H,1-2H2. The molecule has 0 aromatic carbocycles. The lowest BCUT2D eigenvalue weighted by Crippen LogP contribution is -2.32. The third kappa shape index (κ3) is 5.42. The summed E-state index contributed by atoms with van der Waals surface area (Å²) in [5.41, 5.74) is 0. The predicted octanol–water partition coefficient (Wildman–Crippen LogP) is -2.89. The van der Waals surface area contributed by atoms with Gasteiger partial charge in [-0.1, -0.05) is 0 Å². The lowest BCUT2D eigenvalue weighted by atomic mass is 10.1. The third-order valence-electron chi connectivity index (χ3n) is 1.35. The van der Waals surface area contributed by atoms with Gasteiger partial charge in [0, 0.05) is 12.8 Å². The molecule has 6 nitrogen and oxygen atoms in total. The van der Waals surface area contributed by atoms with E-state index in [4.69, 9.17) is 30.6 Å². The molecule has 2 unspecified atom stereocenters. The van der Waals surface area contributed by atoms with Crippen molar-refractivity contribution in [2.75, 3.05) is 0 Å². The van der Waals surface area contributed by atoms with Crippen LogP contribution in [0.3, 0.4) is 0 Å². The van der Waals surface area contributed by atoms with Gasteiger partial charge in [-0.15, -0.1) is 0 Å². The van der Waals surface area contributed by atoms with Crippen molar-refractivity contribution in [1.29, 1.82) is 0 Å². The van der Waals surface area contributed by atoms with Crippen molar-refractivity contribution in [2.45, 2.75) is 37.6 Å². The summed E-state index contributed by atoms with van der Waals surface area (Å²) in [5, 5.41) is 51.4. The Kier molecular flexibility index (Phi) is 5.31. The van der Waals surface area contributed by atoms with Crippen LogP contribution in [0.4, 0.5) is 0 Å². The quantitative estimate of drug-likeness (QED) is 0.254. The zero-order chi connectivity index (χ0) is 9.72. The van der Waals surface area contributed by atoms with Gasteiger partial charge in [0.25, 0.3) is 0 Å². The Morgan fingerprint density at radius 1 is 0.583 bits per heavy atom. The molecule has 0 radical (unpaired) electrons. The fraction of sp³-hybridized carbons (Fsp3) is 1.00. The number of rotatable bonds is 5. The highest BCUT2D eigenvalue weighted by Crippen LogP contribution is 2.06. The maximum absolute atomic E-state index is 8.94. The Balaban J connectivity index is 3.68. The average Bonchev–Trinajstić information content (AvgIpc) is 1.84. The van der Waals surface area contributed by atoms with E-state index in [1.54, 1.807) is 0 Å². The minimum Gasteiger partial charge on any atom is -0.390 e. The molecule has 0 aliphatic heterocycles. The summed E-state index contributed by atoms with van der Waals surface area (Å²) < 4.78 is 0. The van der Waals surface area contributed by atoms with Crippen molar-refractivity contribution in [3.05, 3.63) is 0 Å². The summed E-state index contributed by atoms with van der Waals surface area (Å²) in [6.07, 6.45) is -7.02. The first-order valence-corrected chi connectivity index (χ1v) is 3.52. The summed E-state index contributed by atoms with van der Waals surface area (Å²) in [6, 6.07) is 0. The molecule has 6 N–H and O–H groups in total. The summed E-state index contributed by atoms with van der Waals surface area (Å²) >= 11 is 0. The second-order valence-corrected chi connectivity index (χ2v) is 2.57. The Bertz CT molecular complexity index is 101. The van der Waals surface area contributed by atoms with Gasteiger partial charge in [-0.3, -0.25) is 0 Å². The van der Waals surface area contributed by atoms with Gasteiger partial charge in [0.1, 0.15) is 0 Å². The minimum absolute atomic E-state index is 0.423. The SMILES string of the molecule is OC(O)CC(O)C(O)CC(O)O. The first-order chi connectivity index (χ1) is 5.43. The first kappa shape index (κ1) is 11.8. The van der Waals surface area contributed by atoms with E-state index in [2.05, 4.69) is 0 Å². The maximum atomic E-state index is 8.94. The van der Waals surface area contributed by atoms with Crippen molar-refractivity contribution in [2.24, 2.45) is 0 Å². The second kappa shape index (κ2) is 5.41. The molecule has 0 saturated carbocycles. The molecule has 0 amide bonds. The van der Waals surface area contributed by atoms with E-state index in [9.17, 15) is 0 Å². The van der Waals surface area contributed by atoms with Gasteiger partial charge < -0.3 is 30.6 Å². The van der Waals surface area contributed by atoms with Crippen LogP contribution in [0.1, 0.15) is 12.8 Å². The van der Waals surface area contributed by atoms with E-state index in [1.807, 2.05) is 0 Å². The van der Waals surface area contributed by atoms with Gasteiger partial charge in [-0.2, -0.15) is 0 Å². The molecule has 0 fully saturated rings. The van der Waals surface area contributed by atoms with Gasteiger partial charge in [0.15, 0.2) is 12.6 Å². The number of hydrogen-bond acceptors (Lipinski definition) is 6. The molecule has 0 aromatic heterocycles. The van der Waals surface area contributed by atoms with E-state index in [0.717, 1.165) is 0 Å². The highest BCUT2D eigenvalue weighted by atomic mass is 16.5. The van der Waals surface area contributed by atoms with E-state index in [1.165, 1.54) is 0 Å². The molecular weight excluding hydrogens is 168 g/mol. The maximum Gasteiger partial charge on any atom is 0.154 e.